The molecule has 3 heterocycles. The van der Waals surface area contributed by atoms with Gasteiger partial charge in [-0.05, 0) is 13.0 Å². The van der Waals surface area contributed by atoms with Crippen LogP contribution in [0.4, 0.5) is 5.00 Å². The van der Waals surface area contributed by atoms with Gasteiger partial charge in [-0.2, -0.15) is 0 Å². The van der Waals surface area contributed by atoms with Gasteiger partial charge in [-0.3, -0.25) is 14.5 Å². The minimum atomic E-state index is -0.555. The molecule has 0 bridgehead atoms. The first kappa shape index (κ1) is 17.0. The average molecular weight is 366 g/mol. The topological polar surface area (TPSA) is 97.5 Å². The molecule has 0 radical (unpaired) electrons. The smallest absolute Gasteiger partial charge is 0.275 e. The highest BCUT2D eigenvalue weighted by molar-refractivity contribution is 7.16. The Morgan fingerprint density at radius 1 is 1.42 bits per heavy atom. The van der Waals surface area contributed by atoms with Crippen LogP contribution in [0.15, 0.2) is 11.4 Å². The summed E-state index contributed by atoms with van der Waals surface area (Å²) in [5.41, 5.74) is 6.02. The molecule has 7 nitrogen and oxygen atoms in total. The standard InChI is InChI=1S/C15H18N4O3S2/c1-9-6-10(13(16)20)15(24-9)18-14(21)11-8-23-12(17-11)7-19-2-4-22-5-3-19/h6,8H,2-5,7H2,1H3,(H2,16,20)(H,18,21). The monoisotopic (exact) mass is 366 g/mol. The minimum Gasteiger partial charge on any atom is -0.379 e. The molecule has 1 fully saturated rings. The largest absolute Gasteiger partial charge is 0.379 e. The van der Waals surface area contributed by atoms with Gasteiger partial charge in [0.05, 0.1) is 25.3 Å². The highest BCUT2D eigenvalue weighted by Crippen LogP contribution is 2.27. The van der Waals surface area contributed by atoms with Crippen molar-refractivity contribution in [2.75, 3.05) is 31.6 Å². The molecule has 3 N–H and O–H groups in total. The second-order valence-electron chi connectivity index (χ2n) is 5.43. The first-order valence-electron chi connectivity index (χ1n) is 7.49. The summed E-state index contributed by atoms with van der Waals surface area (Å²) in [7, 11) is 0. The minimum absolute atomic E-state index is 0.328. The Kier molecular flexibility index (Phi) is 5.24. The summed E-state index contributed by atoms with van der Waals surface area (Å²) in [4.78, 5) is 31.3. The van der Waals surface area contributed by atoms with E-state index in [1.807, 2.05) is 6.92 Å². The first-order valence-corrected chi connectivity index (χ1v) is 9.18. The van der Waals surface area contributed by atoms with Crippen molar-refractivity contribution in [2.24, 2.45) is 5.73 Å². The molecule has 0 unspecified atom stereocenters. The van der Waals surface area contributed by atoms with Gasteiger partial charge in [0, 0.05) is 23.3 Å². The van der Waals surface area contributed by atoms with Crippen molar-refractivity contribution in [2.45, 2.75) is 13.5 Å². The van der Waals surface area contributed by atoms with E-state index in [1.54, 1.807) is 11.4 Å². The number of anilines is 1. The van der Waals surface area contributed by atoms with E-state index in [0.717, 1.165) is 36.2 Å². The van der Waals surface area contributed by atoms with Crippen molar-refractivity contribution < 1.29 is 14.3 Å². The van der Waals surface area contributed by atoms with Crippen LogP contribution < -0.4 is 11.1 Å². The Labute approximate surface area is 147 Å². The Bertz CT molecular complexity index is 750. The van der Waals surface area contributed by atoms with Gasteiger partial charge in [-0.15, -0.1) is 22.7 Å². The van der Waals surface area contributed by atoms with E-state index in [0.29, 0.717) is 22.8 Å². The third kappa shape index (κ3) is 3.99. The zero-order valence-electron chi connectivity index (χ0n) is 13.2. The van der Waals surface area contributed by atoms with Crippen molar-refractivity contribution in [3.8, 4) is 0 Å². The third-order valence-electron chi connectivity index (χ3n) is 3.59. The lowest BCUT2D eigenvalue weighted by atomic mass is 10.3. The number of thiazole rings is 1. The Hall–Kier alpha value is -1.81. The van der Waals surface area contributed by atoms with Crippen molar-refractivity contribution in [1.29, 1.82) is 0 Å². The molecule has 2 amide bonds. The summed E-state index contributed by atoms with van der Waals surface area (Å²) in [6.45, 7) is 5.77. The van der Waals surface area contributed by atoms with Crippen LogP contribution in [0.1, 0.15) is 30.7 Å². The van der Waals surface area contributed by atoms with Crippen LogP contribution >= 0.6 is 22.7 Å². The second kappa shape index (κ2) is 7.39. The molecular formula is C15H18N4O3S2. The molecular weight excluding hydrogens is 348 g/mol. The van der Waals surface area contributed by atoms with Crippen molar-refractivity contribution in [3.63, 3.8) is 0 Å². The molecule has 9 heteroatoms. The normalized spacial score (nSPS) is 15.4. The maximum Gasteiger partial charge on any atom is 0.275 e. The summed E-state index contributed by atoms with van der Waals surface area (Å²) in [6, 6.07) is 1.67. The molecule has 2 aromatic heterocycles. The van der Waals surface area contributed by atoms with E-state index < -0.39 is 5.91 Å². The Morgan fingerprint density at radius 3 is 2.88 bits per heavy atom. The zero-order valence-corrected chi connectivity index (χ0v) is 14.8. The van der Waals surface area contributed by atoms with Gasteiger partial charge in [0.25, 0.3) is 11.8 Å². The summed E-state index contributed by atoms with van der Waals surface area (Å²) < 4.78 is 5.32. The molecule has 0 aromatic carbocycles. The average Bonchev–Trinajstić information content (AvgIpc) is 3.15. The molecule has 0 aliphatic carbocycles. The number of primary amides is 1. The molecule has 24 heavy (non-hydrogen) atoms. The van der Waals surface area contributed by atoms with Crippen molar-refractivity contribution >= 4 is 39.5 Å². The molecule has 0 atom stereocenters. The summed E-state index contributed by atoms with van der Waals surface area (Å²) in [6.07, 6.45) is 0. The molecule has 0 saturated carbocycles. The maximum atomic E-state index is 12.4. The number of nitrogens with two attached hydrogens (primary N) is 1. The van der Waals surface area contributed by atoms with Gasteiger partial charge >= 0.3 is 0 Å². The molecule has 1 saturated heterocycles. The number of hydrogen-bond donors (Lipinski definition) is 2. The number of aryl methyl sites for hydroxylation is 1. The fourth-order valence-electron chi connectivity index (χ4n) is 2.40. The van der Waals surface area contributed by atoms with E-state index in [-0.39, 0.29) is 5.91 Å². The van der Waals surface area contributed by atoms with Crippen LogP contribution in [0.25, 0.3) is 0 Å². The van der Waals surface area contributed by atoms with Crippen LogP contribution in [0.3, 0.4) is 0 Å². The second-order valence-corrected chi connectivity index (χ2v) is 7.63. The van der Waals surface area contributed by atoms with Gasteiger partial charge in [0.2, 0.25) is 0 Å². The zero-order chi connectivity index (χ0) is 17.1. The number of nitrogens with zero attached hydrogens (tertiary/aromatic N) is 2. The van der Waals surface area contributed by atoms with E-state index in [1.165, 1.54) is 22.7 Å². The summed E-state index contributed by atoms with van der Waals surface area (Å²) >= 11 is 2.78. The Morgan fingerprint density at radius 2 is 2.17 bits per heavy atom. The first-order chi connectivity index (χ1) is 11.5. The number of carbonyl (C=O) groups is 2. The van der Waals surface area contributed by atoms with Crippen LogP contribution in [-0.2, 0) is 11.3 Å². The Balaban J connectivity index is 1.66. The van der Waals surface area contributed by atoms with Crippen molar-refractivity contribution in [3.05, 3.63) is 32.6 Å². The molecule has 3 rings (SSSR count). The molecule has 1 aliphatic rings. The predicted molar refractivity (Wildman–Crippen MR) is 93.7 cm³/mol. The number of amides is 2. The number of rotatable bonds is 5. The van der Waals surface area contributed by atoms with Crippen LogP contribution in [0.5, 0.6) is 0 Å². The number of hydrogen-bond acceptors (Lipinski definition) is 7. The summed E-state index contributed by atoms with van der Waals surface area (Å²) in [5, 5.41) is 5.82. The number of ether oxygens (including phenoxy) is 1. The number of nitrogens with one attached hydrogen (secondary N) is 1. The van der Waals surface area contributed by atoms with E-state index in [4.69, 9.17) is 10.5 Å². The van der Waals surface area contributed by atoms with Gasteiger partial charge in [-0.25, -0.2) is 4.98 Å². The number of aromatic nitrogens is 1. The lowest BCUT2D eigenvalue weighted by molar-refractivity contribution is 0.0341. The van der Waals surface area contributed by atoms with Crippen LogP contribution in [0, 0.1) is 6.92 Å². The molecule has 2 aromatic rings. The van der Waals surface area contributed by atoms with E-state index >= 15 is 0 Å². The summed E-state index contributed by atoms with van der Waals surface area (Å²) in [5.74, 6) is -0.884. The molecule has 0 spiro atoms. The SMILES string of the molecule is Cc1cc(C(N)=O)c(NC(=O)c2csc(CN3CCOCC3)n2)s1. The van der Waals surface area contributed by atoms with Gasteiger partial charge < -0.3 is 15.8 Å². The highest BCUT2D eigenvalue weighted by atomic mass is 32.1. The number of thiophene rings is 1. The number of carbonyl (C=O) groups excluding carboxylic acids is 2. The fraction of sp³-hybridized carbons (Fsp3) is 0.400. The van der Waals surface area contributed by atoms with E-state index in [2.05, 4.69) is 15.2 Å². The van der Waals surface area contributed by atoms with Crippen molar-refractivity contribution in [1.82, 2.24) is 9.88 Å². The quantitative estimate of drug-likeness (QED) is 0.839. The lowest BCUT2D eigenvalue weighted by Gasteiger charge is -2.25. The van der Waals surface area contributed by atoms with E-state index in [9.17, 15) is 9.59 Å². The lowest BCUT2D eigenvalue weighted by Crippen LogP contribution is -2.35. The molecule has 1 aliphatic heterocycles. The van der Waals surface area contributed by atoms with Gasteiger partial charge in [0.1, 0.15) is 15.7 Å². The third-order valence-corrected chi connectivity index (χ3v) is 5.39. The van der Waals surface area contributed by atoms with Gasteiger partial charge in [-0.1, -0.05) is 0 Å². The number of morpholine rings is 1. The maximum absolute atomic E-state index is 12.4. The predicted octanol–water partition coefficient (Wildman–Crippen LogP) is 1.70. The molecule has 128 valence electrons. The van der Waals surface area contributed by atoms with Gasteiger partial charge in [0.15, 0.2) is 0 Å². The highest BCUT2D eigenvalue weighted by Gasteiger charge is 2.18. The van der Waals surface area contributed by atoms with Crippen LogP contribution in [0.2, 0.25) is 0 Å². The fourth-order valence-corrected chi connectivity index (χ4v) is 4.12. The van der Waals surface area contributed by atoms with Crippen LogP contribution in [-0.4, -0.2) is 48.0 Å².